The van der Waals surface area contributed by atoms with Gasteiger partial charge in [0.1, 0.15) is 0 Å². The highest BCUT2D eigenvalue weighted by Gasteiger charge is 2.28. The number of carbonyl (C=O) groups is 1. The number of aliphatic hydroxyl groups is 1. The van der Waals surface area contributed by atoms with Gasteiger partial charge in [-0.2, -0.15) is 0 Å². The minimum absolute atomic E-state index is 0.261. The van der Waals surface area contributed by atoms with Gasteiger partial charge in [-0.1, -0.05) is 11.6 Å². The molecule has 0 saturated heterocycles. The van der Waals surface area contributed by atoms with Gasteiger partial charge in [0.2, 0.25) is 0 Å². The van der Waals surface area contributed by atoms with Gasteiger partial charge in [0.25, 0.3) is 0 Å². The summed E-state index contributed by atoms with van der Waals surface area (Å²) in [7, 11) is 2.85. The molecule has 5 heteroatoms. The third-order valence-electron chi connectivity index (χ3n) is 2.36. The van der Waals surface area contributed by atoms with Crippen LogP contribution in [0, 0.1) is 0 Å². The highest BCUT2D eigenvalue weighted by molar-refractivity contribution is 6.32. The molecule has 0 aliphatic carbocycles. The topological polar surface area (TPSA) is 55.8 Å². The molecule has 1 N–H and O–H groups in total. The standard InChI is InChI=1S/C12H15ClO4/c1-12(2,15)9-8(13)5-7(6-14)10(16-3)11(9)17-4/h5-6,15H,1-4H3. The van der Waals surface area contributed by atoms with Gasteiger partial charge in [0.05, 0.1) is 30.4 Å². The first-order chi connectivity index (χ1) is 7.86. The Kier molecular flexibility index (Phi) is 4.01. The first-order valence-corrected chi connectivity index (χ1v) is 5.37. The minimum atomic E-state index is -1.20. The van der Waals surface area contributed by atoms with E-state index in [0.29, 0.717) is 11.8 Å². The van der Waals surface area contributed by atoms with E-state index in [9.17, 15) is 9.90 Å². The van der Waals surface area contributed by atoms with Crippen LogP contribution in [0.2, 0.25) is 5.02 Å². The molecule has 0 fully saturated rings. The van der Waals surface area contributed by atoms with Crippen molar-refractivity contribution in [3.63, 3.8) is 0 Å². The normalized spacial score (nSPS) is 11.2. The van der Waals surface area contributed by atoms with Crippen LogP contribution in [-0.4, -0.2) is 25.6 Å². The van der Waals surface area contributed by atoms with Gasteiger partial charge in [0, 0.05) is 5.56 Å². The molecule has 0 spiro atoms. The van der Waals surface area contributed by atoms with E-state index < -0.39 is 5.60 Å². The highest BCUT2D eigenvalue weighted by atomic mass is 35.5. The monoisotopic (exact) mass is 258 g/mol. The molecule has 17 heavy (non-hydrogen) atoms. The molecule has 0 atom stereocenters. The molecular weight excluding hydrogens is 244 g/mol. The summed E-state index contributed by atoms with van der Waals surface area (Å²) in [4.78, 5) is 10.9. The summed E-state index contributed by atoms with van der Waals surface area (Å²) in [5, 5.41) is 10.3. The van der Waals surface area contributed by atoms with Gasteiger partial charge < -0.3 is 14.6 Å². The number of hydrogen-bond acceptors (Lipinski definition) is 4. The number of methoxy groups -OCH3 is 2. The second-order valence-corrected chi connectivity index (χ2v) is 4.47. The van der Waals surface area contributed by atoms with Crippen molar-refractivity contribution in [3.05, 3.63) is 22.2 Å². The zero-order chi connectivity index (χ0) is 13.2. The Morgan fingerprint density at radius 1 is 1.29 bits per heavy atom. The third kappa shape index (κ3) is 2.53. The molecule has 0 radical (unpaired) electrons. The quantitative estimate of drug-likeness (QED) is 0.843. The summed E-state index contributed by atoms with van der Waals surface area (Å²) in [6.07, 6.45) is 0.626. The molecule has 0 bridgehead atoms. The number of carbonyl (C=O) groups excluding carboxylic acids is 1. The second kappa shape index (κ2) is 4.94. The lowest BCUT2D eigenvalue weighted by atomic mass is 9.95. The van der Waals surface area contributed by atoms with Crippen LogP contribution in [0.25, 0.3) is 0 Å². The molecule has 0 heterocycles. The maximum atomic E-state index is 10.9. The lowest BCUT2D eigenvalue weighted by Crippen LogP contribution is -2.18. The lowest BCUT2D eigenvalue weighted by molar-refractivity contribution is 0.0751. The zero-order valence-corrected chi connectivity index (χ0v) is 11.0. The van der Waals surface area contributed by atoms with Gasteiger partial charge in [-0.15, -0.1) is 0 Å². The fraction of sp³-hybridized carbons (Fsp3) is 0.417. The SMILES string of the molecule is COc1c(C=O)cc(Cl)c(C(C)(C)O)c1OC. The summed E-state index contributed by atoms with van der Waals surface area (Å²) in [6.45, 7) is 3.16. The number of halogens is 1. The van der Waals surface area contributed by atoms with Crippen molar-refractivity contribution >= 4 is 17.9 Å². The van der Waals surface area contributed by atoms with Crippen molar-refractivity contribution in [2.75, 3.05) is 14.2 Å². The number of benzene rings is 1. The van der Waals surface area contributed by atoms with Crippen LogP contribution in [-0.2, 0) is 5.60 Å². The first-order valence-electron chi connectivity index (χ1n) is 4.99. The third-order valence-corrected chi connectivity index (χ3v) is 2.66. The van der Waals surface area contributed by atoms with Crippen LogP contribution in [0.3, 0.4) is 0 Å². The van der Waals surface area contributed by atoms with E-state index >= 15 is 0 Å². The zero-order valence-electron chi connectivity index (χ0n) is 10.2. The number of rotatable bonds is 4. The fourth-order valence-electron chi connectivity index (χ4n) is 1.69. The Morgan fingerprint density at radius 3 is 2.18 bits per heavy atom. The summed E-state index contributed by atoms with van der Waals surface area (Å²) >= 11 is 6.05. The van der Waals surface area contributed by atoms with E-state index in [2.05, 4.69) is 0 Å². The summed E-state index contributed by atoms with van der Waals surface area (Å²) in [5.41, 5.74) is -0.525. The lowest BCUT2D eigenvalue weighted by Gasteiger charge is -2.24. The van der Waals surface area contributed by atoms with Gasteiger partial charge in [-0.3, -0.25) is 4.79 Å². The Morgan fingerprint density at radius 2 is 1.82 bits per heavy atom. The largest absolute Gasteiger partial charge is 0.492 e. The minimum Gasteiger partial charge on any atom is -0.492 e. The van der Waals surface area contributed by atoms with Crippen molar-refractivity contribution in [3.8, 4) is 11.5 Å². The van der Waals surface area contributed by atoms with E-state index in [1.54, 1.807) is 13.8 Å². The molecule has 0 aromatic heterocycles. The van der Waals surface area contributed by atoms with Crippen LogP contribution < -0.4 is 9.47 Å². The molecule has 0 saturated carbocycles. The van der Waals surface area contributed by atoms with Crippen LogP contribution in [0.15, 0.2) is 6.07 Å². The van der Waals surface area contributed by atoms with Crippen LogP contribution in [0.5, 0.6) is 11.5 Å². The molecule has 1 rings (SSSR count). The van der Waals surface area contributed by atoms with E-state index in [0.717, 1.165) is 0 Å². The molecule has 0 unspecified atom stereocenters. The Hall–Kier alpha value is -1.26. The van der Waals surface area contributed by atoms with E-state index in [1.807, 2.05) is 0 Å². The Bertz CT molecular complexity index is 435. The second-order valence-electron chi connectivity index (χ2n) is 4.07. The predicted octanol–water partition coefficient (Wildman–Crippen LogP) is 2.40. The van der Waals surface area contributed by atoms with Crippen molar-refractivity contribution in [2.45, 2.75) is 19.4 Å². The van der Waals surface area contributed by atoms with Crippen LogP contribution in [0.4, 0.5) is 0 Å². The molecule has 1 aromatic rings. The molecular formula is C12H15ClO4. The van der Waals surface area contributed by atoms with Crippen LogP contribution in [0.1, 0.15) is 29.8 Å². The molecule has 94 valence electrons. The van der Waals surface area contributed by atoms with Crippen LogP contribution >= 0.6 is 11.6 Å². The molecule has 0 amide bonds. The van der Waals surface area contributed by atoms with E-state index in [-0.39, 0.29) is 22.1 Å². The number of aldehydes is 1. The molecule has 1 aromatic carbocycles. The Balaban J connectivity index is 3.67. The average Bonchev–Trinajstić information content (AvgIpc) is 2.25. The predicted molar refractivity (Wildman–Crippen MR) is 65.2 cm³/mol. The number of ether oxygens (including phenoxy) is 2. The maximum absolute atomic E-state index is 10.9. The van der Waals surface area contributed by atoms with Crippen molar-refractivity contribution in [2.24, 2.45) is 0 Å². The summed E-state index contributed by atoms with van der Waals surface area (Å²) < 4.78 is 10.3. The molecule has 0 aliphatic heterocycles. The van der Waals surface area contributed by atoms with Crippen molar-refractivity contribution in [1.29, 1.82) is 0 Å². The molecule has 0 aliphatic rings. The maximum Gasteiger partial charge on any atom is 0.171 e. The van der Waals surface area contributed by atoms with E-state index in [4.69, 9.17) is 21.1 Å². The molecule has 4 nitrogen and oxygen atoms in total. The van der Waals surface area contributed by atoms with Gasteiger partial charge in [-0.25, -0.2) is 0 Å². The van der Waals surface area contributed by atoms with Crippen molar-refractivity contribution in [1.82, 2.24) is 0 Å². The highest BCUT2D eigenvalue weighted by Crippen LogP contribution is 2.43. The smallest absolute Gasteiger partial charge is 0.171 e. The van der Waals surface area contributed by atoms with E-state index in [1.165, 1.54) is 20.3 Å². The first kappa shape index (κ1) is 13.8. The number of hydrogen-bond donors (Lipinski definition) is 1. The van der Waals surface area contributed by atoms with Gasteiger partial charge >= 0.3 is 0 Å². The van der Waals surface area contributed by atoms with Gasteiger partial charge in [-0.05, 0) is 19.9 Å². The summed E-state index contributed by atoms with van der Waals surface area (Å²) in [6, 6.07) is 1.45. The Labute approximate surface area is 105 Å². The average molecular weight is 259 g/mol. The summed E-state index contributed by atoms with van der Waals surface area (Å²) in [5.74, 6) is 0.540. The fourth-order valence-corrected chi connectivity index (χ4v) is 2.12. The van der Waals surface area contributed by atoms with Crippen molar-refractivity contribution < 1.29 is 19.4 Å². The van der Waals surface area contributed by atoms with Gasteiger partial charge in [0.15, 0.2) is 17.8 Å².